The SMILES string of the molecule is C=CC=N/C(C)=C\CC(=O)O. The third kappa shape index (κ3) is 6.51. The quantitative estimate of drug-likeness (QED) is 0.624. The fourth-order valence-corrected chi connectivity index (χ4v) is 0.458. The summed E-state index contributed by atoms with van der Waals surface area (Å²) in [5.74, 6) is -0.849. The molecule has 0 heterocycles. The first-order chi connectivity index (χ1) is 5.16. The van der Waals surface area contributed by atoms with Crippen molar-refractivity contribution in [3.63, 3.8) is 0 Å². The molecule has 0 saturated heterocycles. The molecule has 11 heavy (non-hydrogen) atoms. The first-order valence-electron chi connectivity index (χ1n) is 3.20. The largest absolute Gasteiger partial charge is 0.481 e. The van der Waals surface area contributed by atoms with E-state index in [1.165, 1.54) is 12.3 Å². The van der Waals surface area contributed by atoms with E-state index < -0.39 is 5.97 Å². The minimum absolute atomic E-state index is 0.0142. The van der Waals surface area contributed by atoms with E-state index >= 15 is 0 Å². The van der Waals surface area contributed by atoms with Gasteiger partial charge in [0.2, 0.25) is 0 Å². The van der Waals surface area contributed by atoms with Gasteiger partial charge in [0.1, 0.15) is 0 Å². The maximum Gasteiger partial charge on any atom is 0.307 e. The molecule has 0 aromatic rings. The number of hydrogen-bond acceptors (Lipinski definition) is 2. The van der Waals surface area contributed by atoms with Gasteiger partial charge in [-0.3, -0.25) is 9.79 Å². The van der Waals surface area contributed by atoms with Gasteiger partial charge < -0.3 is 5.11 Å². The van der Waals surface area contributed by atoms with Crippen LogP contribution in [-0.2, 0) is 4.79 Å². The van der Waals surface area contributed by atoms with Crippen LogP contribution in [0.2, 0.25) is 0 Å². The molecule has 0 bridgehead atoms. The molecule has 0 radical (unpaired) electrons. The molecule has 60 valence electrons. The standard InChI is InChI=1S/C8H11NO2/c1-3-6-9-7(2)4-5-8(10)11/h3-4,6H,1,5H2,2H3,(H,10,11)/b7-4-,9-6?. The van der Waals surface area contributed by atoms with Crippen molar-refractivity contribution in [2.75, 3.05) is 0 Å². The molecule has 0 unspecified atom stereocenters. The Morgan fingerprint density at radius 1 is 1.73 bits per heavy atom. The molecule has 3 nitrogen and oxygen atoms in total. The monoisotopic (exact) mass is 153 g/mol. The summed E-state index contributed by atoms with van der Waals surface area (Å²) in [7, 11) is 0. The Kier molecular flexibility index (Phi) is 4.73. The number of carbonyl (C=O) groups is 1. The highest BCUT2D eigenvalue weighted by molar-refractivity contribution is 5.72. The van der Waals surface area contributed by atoms with Crippen molar-refractivity contribution in [1.29, 1.82) is 0 Å². The maximum absolute atomic E-state index is 10.1. The predicted octanol–water partition coefficient (Wildman–Crippen LogP) is 1.62. The van der Waals surface area contributed by atoms with Crippen LogP contribution in [0, 0.1) is 0 Å². The van der Waals surface area contributed by atoms with Crippen molar-refractivity contribution in [1.82, 2.24) is 0 Å². The van der Waals surface area contributed by atoms with Crippen LogP contribution in [0.3, 0.4) is 0 Å². The van der Waals surface area contributed by atoms with E-state index in [2.05, 4.69) is 11.6 Å². The van der Waals surface area contributed by atoms with E-state index in [0.717, 1.165) is 0 Å². The Labute approximate surface area is 65.8 Å². The van der Waals surface area contributed by atoms with Crippen LogP contribution >= 0.6 is 0 Å². The van der Waals surface area contributed by atoms with Crippen molar-refractivity contribution < 1.29 is 9.90 Å². The summed E-state index contributed by atoms with van der Waals surface area (Å²) < 4.78 is 0. The third-order valence-electron chi connectivity index (χ3n) is 0.956. The molecule has 0 amide bonds. The Morgan fingerprint density at radius 2 is 2.36 bits per heavy atom. The van der Waals surface area contributed by atoms with Crippen LogP contribution in [0.15, 0.2) is 29.4 Å². The molecular weight excluding hydrogens is 142 g/mol. The van der Waals surface area contributed by atoms with Gasteiger partial charge in [-0.2, -0.15) is 0 Å². The normalized spacial score (nSPS) is 11.9. The minimum atomic E-state index is -0.849. The highest BCUT2D eigenvalue weighted by atomic mass is 16.4. The van der Waals surface area contributed by atoms with E-state index in [4.69, 9.17) is 5.11 Å². The van der Waals surface area contributed by atoms with Crippen LogP contribution < -0.4 is 0 Å². The maximum atomic E-state index is 10.1. The molecule has 0 aliphatic rings. The zero-order valence-corrected chi connectivity index (χ0v) is 6.45. The first kappa shape index (κ1) is 9.62. The second kappa shape index (κ2) is 5.41. The minimum Gasteiger partial charge on any atom is -0.481 e. The van der Waals surface area contributed by atoms with Crippen LogP contribution in [-0.4, -0.2) is 17.3 Å². The highest BCUT2D eigenvalue weighted by Crippen LogP contribution is 1.95. The number of aliphatic imine (C=N–C) groups is 1. The number of carboxylic acid groups (broad SMARTS) is 1. The number of nitrogens with zero attached hydrogens (tertiary/aromatic N) is 1. The lowest BCUT2D eigenvalue weighted by molar-refractivity contribution is -0.136. The smallest absolute Gasteiger partial charge is 0.307 e. The molecule has 0 rings (SSSR count). The Bertz CT molecular complexity index is 204. The van der Waals surface area contributed by atoms with Gasteiger partial charge in [0.25, 0.3) is 0 Å². The van der Waals surface area contributed by atoms with Gasteiger partial charge in [-0.05, 0) is 6.92 Å². The lowest BCUT2D eigenvalue weighted by Crippen LogP contribution is -1.90. The fraction of sp³-hybridized carbons (Fsp3) is 0.250. The predicted molar refractivity (Wildman–Crippen MR) is 44.7 cm³/mol. The van der Waals surface area contributed by atoms with Gasteiger partial charge in [-0.25, -0.2) is 0 Å². The Hall–Kier alpha value is -1.38. The molecule has 0 aromatic carbocycles. The topological polar surface area (TPSA) is 49.7 Å². The van der Waals surface area contributed by atoms with Gasteiger partial charge >= 0.3 is 5.97 Å². The van der Waals surface area contributed by atoms with E-state index in [1.807, 2.05) is 0 Å². The number of carboxylic acids is 1. The van der Waals surface area contributed by atoms with Crippen LogP contribution in [0.25, 0.3) is 0 Å². The second-order valence-electron chi connectivity index (χ2n) is 1.96. The van der Waals surface area contributed by atoms with Crippen molar-refractivity contribution in [3.05, 3.63) is 24.4 Å². The number of allylic oxidation sites excluding steroid dienone is 2. The van der Waals surface area contributed by atoms with Crippen LogP contribution in [0.4, 0.5) is 0 Å². The average molecular weight is 153 g/mol. The van der Waals surface area contributed by atoms with E-state index in [0.29, 0.717) is 5.70 Å². The van der Waals surface area contributed by atoms with Gasteiger partial charge in [0.05, 0.1) is 6.42 Å². The summed E-state index contributed by atoms with van der Waals surface area (Å²) in [6.45, 7) is 5.17. The summed E-state index contributed by atoms with van der Waals surface area (Å²) in [5.41, 5.74) is 0.687. The molecule has 0 aliphatic heterocycles. The molecule has 0 aliphatic carbocycles. The zero-order chi connectivity index (χ0) is 8.69. The summed E-state index contributed by atoms with van der Waals surface area (Å²) in [4.78, 5) is 13.9. The fourth-order valence-electron chi connectivity index (χ4n) is 0.458. The lowest BCUT2D eigenvalue weighted by atomic mass is 10.3. The zero-order valence-electron chi connectivity index (χ0n) is 6.45. The van der Waals surface area contributed by atoms with Crippen LogP contribution in [0.1, 0.15) is 13.3 Å². The van der Waals surface area contributed by atoms with Crippen molar-refractivity contribution >= 4 is 12.2 Å². The van der Waals surface area contributed by atoms with Crippen molar-refractivity contribution in [2.24, 2.45) is 4.99 Å². The Balaban J connectivity index is 3.90. The van der Waals surface area contributed by atoms with Crippen molar-refractivity contribution in [2.45, 2.75) is 13.3 Å². The molecule has 0 aromatic heterocycles. The molecule has 0 atom stereocenters. The van der Waals surface area contributed by atoms with Crippen LogP contribution in [0.5, 0.6) is 0 Å². The van der Waals surface area contributed by atoms with E-state index in [9.17, 15) is 4.79 Å². The number of aliphatic carboxylic acids is 1. The Morgan fingerprint density at radius 3 is 2.82 bits per heavy atom. The molecule has 0 spiro atoms. The first-order valence-corrected chi connectivity index (χ1v) is 3.20. The highest BCUT2D eigenvalue weighted by Gasteiger charge is 1.90. The van der Waals surface area contributed by atoms with Gasteiger partial charge in [0, 0.05) is 11.9 Å². The third-order valence-corrected chi connectivity index (χ3v) is 0.956. The summed E-state index contributed by atoms with van der Waals surface area (Å²) >= 11 is 0. The number of hydrogen-bond donors (Lipinski definition) is 1. The average Bonchev–Trinajstić information content (AvgIpc) is 1.97. The van der Waals surface area contributed by atoms with Gasteiger partial charge in [-0.15, -0.1) is 0 Å². The number of rotatable bonds is 4. The lowest BCUT2D eigenvalue weighted by Gasteiger charge is -1.88. The molecule has 0 saturated carbocycles. The summed E-state index contributed by atoms with van der Waals surface area (Å²) in [6.07, 6.45) is 4.62. The van der Waals surface area contributed by atoms with Gasteiger partial charge in [-0.1, -0.05) is 18.7 Å². The summed E-state index contributed by atoms with van der Waals surface area (Å²) in [6, 6.07) is 0. The summed E-state index contributed by atoms with van der Waals surface area (Å²) in [5, 5.41) is 8.27. The molecule has 3 heteroatoms. The molecular formula is C8H11NO2. The van der Waals surface area contributed by atoms with E-state index in [1.54, 1.807) is 13.0 Å². The molecule has 1 N–H and O–H groups in total. The van der Waals surface area contributed by atoms with Gasteiger partial charge in [0.15, 0.2) is 0 Å². The second-order valence-corrected chi connectivity index (χ2v) is 1.96. The van der Waals surface area contributed by atoms with E-state index in [-0.39, 0.29) is 6.42 Å². The van der Waals surface area contributed by atoms with Crippen molar-refractivity contribution in [3.8, 4) is 0 Å². The molecule has 0 fully saturated rings.